The topological polar surface area (TPSA) is 84.9 Å². The van der Waals surface area contributed by atoms with Crippen molar-refractivity contribution < 1.29 is 23.0 Å². The molecule has 1 aliphatic rings. The quantitative estimate of drug-likeness (QED) is 0.799. The number of benzene rings is 1. The van der Waals surface area contributed by atoms with E-state index in [0.717, 1.165) is 6.42 Å². The maximum Gasteiger partial charge on any atom is 0.240 e. The lowest BCUT2D eigenvalue weighted by atomic mass is 10.1. The Morgan fingerprint density at radius 2 is 2.30 bits per heavy atom. The Balaban J connectivity index is 2.11. The van der Waals surface area contributed by atoms with Crippen LogP contribution in [0.4, 0.5) is 0 Å². The van der Waals surface area contributed by atoms with Crippen LogP contribution in [-0.4, -0.2) is 40.4 Å². The van der Waals surface area contributed by atoms with Crippen molar-refractivity contribution in [1.82, 2.24) is 4.72 Å². The Morgan fingerprint density at radius 1 is 1.50 bits per heavy atom. The number of aliphatic hydroxyl groups is 1. The molecule has 1 saturated heterocycles. The minimum absolute atomic E-state index is 0.126. The van der Waals surface area contributed by atoms with Crippen molar-refractivity contribution >= 4 is 10.0 Å². The average Bonchev–Trinajstić information content (AvgIpc) is 2.97. The number of aliphatic hydroxyl groups excluding tert-OH is 1. The van der Waals surface area contributed by atoms with Crippen LogP contribution in [0.3, 0.4) is 0 Å². The van der Waals surface area contributed by atoms with Crippen LogP contribution in [-0.2, 0) is 21.4 Å². The maximum absolute atomic E-state index is 12.2. The van der Waals surface area contributed by atoms with Gasteiger partial charge in [-0.3, -0.25) is 0 Å². The first-order chi connectivity index (χ1) is 9.56. The van der Waals surface area contributed by atoms with E-state index in [2.05, 4.69) is 4.72 Å². The molecule has 2 rings (SSSR count). The minimum Gasteiger partial charge on any atom is -0.496 e. The predicted molar refractivity (Wildman–Crippen MR) is 73.0 cm³/mol. The molecule has 0 radical (unpaired) electrons. The van der Waals surface area contributed by atoms with Gasteiger partial charge in [0.15, 0.2) is 0 Å². The van der Waals surface area contributed by atoms with Crippen LogP contribution in [0.5, 0.6) is 5.75 Å². The Bertz CT molecular complexity index is 552. The molecule has 1 aromatic rings. The number of hydrogen-bond acceptors (Lipinski definition) is 5. The fourth-order valence-corrected chi connectivity index (χ4v) is 3.27. The molecule has 2 N–H and O–H groups in total. The monoisotopic (exact) mass is 301 g/mol. The number of nitrogens with one attached hydrogen (secondary N) is 1. The molecule has 1 aliphatic heterocycles. The molecule has 20 heavy (non-hydrogen) atoms. The first-order valence-corrected chi connectivity index (χ1v) is 7.90. The van der Waals surface area contributed by atoms with Crippen LogP contribution in [0.2, 0.25) is 0 Å². The normalized spacial score (nSPS) is 19.2. The molecule has 1 fully saturated rings. The molecule has 1 unspecified atom stereocenters. The molecule has 0 amide bonds. The van der Waals surface area contributed by atoms with Crippen LogP contribution in [0.25, 0.3) is 0 Å². The molecular formula is C13H19NO5S. The molecule has 1 aromatic carbocycles. The van der Waals surface area contributed by atoms with Gasteiger partial charge in [-0.25, -0.2) is 13.1 Å². The number of hydrogen-bond donors (Lipinski definition) is 2. The fraction of sp³-hybridized carbons (Fsp3) is 0.538. The van der Waals surface area contributed by atoms with E-state index in [1.807, 2.05) is 0 Å². The summed E-state index contributed by atoms with van der Waals surface area (Å²) in [4.78, 5) is 0.126. The second-order valence-electron chi connectivity index (χ2n) is 4.71. The highest BCUT2D eigenvalue weighted by Crippen LogP contribution is 2.22. The smallest absolute Gasteiger partial charge is 0.240 e. The van der Waals surface area contributed by atoms with Crippen molar-refractivity contribution in [2.24, 2.45) is 5.92 Å². The van der Waals surface area contributed by atoms with Gasteiger partial charge in [0.25, 0.3) is 0 Å². The van der Waals surface area contributed by atoms with Crippen molar-refractivity contribution in [3.8, 4) is 5.75 Å². The number of methoxy groups -OCH3 is 1. The Hall–Kier alpha value is -1.15. The first-order valence-electron chi connectivity index (χ1n) is 6.42. The van der Waals surface area contributed by atoms with Crippen LogP contribution >= 0.6 is 0 Å². The lowest BCUT2D eigenvalue weighted by Crippen LogP contribution is -2.29. The summed E-state index contributed by atoms with van der Waals surface area (Å²) in [5.74, 6) is 0.691. The number of rotatable bonds is 6. The van der Waals surface area contributed by atoms with Crippen molar-refractivity contribution in [1.29, 1.82) is 0 Å². The van der Waals surface area contributed by atoms with Gasteiger partial charge >= 0.3 is 0 Å². The minimum atomic E-state index is -3.58. The van der Waals surface area contributed by atoms with Gasteiger partial charge in [0, 0.05) is 18.7 Å². The summed E-state index contributed by atoms with van der Waals surface area (Å²) < 4.78 is 37.2. The Labute approximate surface area is 118 Å². The molecule has 7 heteroatoms. The number of sulfonamides is 1. The molecule has 112 valence electrons. The highest BCUT2D eigenvalue weighted by Gasteiger charge is 2.21. The fourth-order valence-electron chi connectivity index (χ4n) is 2.10. The van der Waals surface area contributed by atoms with Gasteiger partial charge in [-0.1, -0.05) is 0 Å². The molecule has 6 nitrogen and oxygen atoms in total. The average molecular weight is 301 g/mol. The summed E-state index contributed by atoms with van der Waals surface area (Å²) in [7, 11) is -2.10. The predicted octanol–water partition coefficient (Wildman–Crippen LogP) is 0.502. The third-order valence-corrected chi connectivity index (χ3v) is 4.74. The zero-order valence-corrected chi connectivity index (χ0v) is 12.1. The van der Waals surface area contributed by atoms with E-state index in [0.29, 0.717) is 31.1 Å². The highest BCUT2D eigenvalue weighted by molar-refractivity contribution is 7.89. The Kier molecular flexibility index (Phi) is 4.98. The van der Waals surface area contributed by atoms with Crippen LogP contribution in [0.15, 0.2) is 23.1 Å². The zero-order valence-electron chi connectivity index (χ0n) is 11.3. The van der Waals surface area contributed by atoms with Crippen LogP contribution < -0.4 is 9.46 Å². The van der Waals surface area contributed by atoms with E-state index < -0.39 is 10.0 Å². The van der Waals surface area contributed by atoms with Gasteiger partial charge in [-0.2, -0.15) is 0 Å². The molecule has 0 aliphatic carbocycles. The SMILES string of the molecule is COc1ccc(S(=O)(=O)NCC2CCOC2)cc1CO. The summed E-state index contributed by atoms with van der Waals surface area (Å²) in [6.07, 6.45) is 0.868. The van der Waals surface area contributed by atoms with Crippen molar-refractivity contribution in [3.63, 3.8) is 0 Å². The summed E-state index contributed by atoms with van der Waals surface area (Å²) in [5.41, 5.74) is 0.444. The summed E-state index contributed by atoms with van der Waals surface area (Å²) in [6.45, 7) is 1.36. The lowest BCUT2D eigenvalue weighted by Gasteiger charge is -2.12. The van der Waals surface area contributed by atoms with Crippen molar-refractivity contribution in [2.75, 3.05) is 26.9 Å². The molecule has 0 aromatic heterocycles. The summed E-state index contributed by atoms with van der Waals surface area (Å²) in [6, 6.07) is 4.43. The van der Waals surface area contributed by atoms with Gasteiger partial charge in [0.05, 0.1) is 25.2 Å². The van der Waals surface area contributed by atoms with Gasteiger partial charge in [-0.15, -0.1) is 0 Å². The van der Waals surface area contributed by atoms with E-state index in [9.17, 15) is 13.5 Å². The molecule has 0 bridgehead atoms. The summed E-state index contributed by atoms with van der Waals surface area (Å²) in [5, 5.41) is 9.23. The zero-order chi connectivity index (χ0) is 14.6. The number of ether oxygens (including phenoxy) is 2. The first kappa shape index (κ1) is 15.2. The third-order valence-electron chi connectivity index (χ3n) is 3.32. The maximum atomic E-state index is 12.2. The summed E-state index contributed by atoms with van der Waals surface area (Å²) >= 11 is 0. The van der Waals surface area contributed by atoms with E-state index in [4.69, 9.17) is 9.47 Å². The largest absolute Gasteiger partial charge is 0.496 e. The van der Waals surface area contributed by atoms with Gasteiger partial charge < -0.3 is 14.6 Å². The Morgan fingerprint density at radius 3 is 2.90 bits per heavy atom. The van der Waals surface area contributed by atoms with Gasteiger partial charge in [-0.05, 0) is 30.5 Å². The van der Waals surface area contributed by atoms with Crippen LogP contribution in [0.1, 0.15) is 12.0 Å². The van der Waals surface area contributed by atoms with E-state index in [-0.39, 0.29) is 17.4 Å². The van der Waals surface area contributed by atoms with Crippen LogP contribution in [0, 0.1) is 5.92 Å². The second kappa shape index (κ2) is 6.53. The third kappa shape index (κ3) is 3.49. The van der Waals surface area contributed by atoms with E-state index in [1.165, 1.54) is 19.2 Å². The van der Waals surface area contributed by atoms with Crippen molar-refractivity contribution in [3.05, 3.63) is 23.8 Å². The standard InChI is InChI=1S/C13H19NO5S/c1-18-13-3-2-12(6-11(13)8-15)20(16,17)14-7-10-4-5-19-9-10/h2-3,6,10,14-15H,4-5,7-9H2,1H3. The highest BCUT2D eigenvalue weighted by atomic mass is 32.2. The van der Waals surface area contributed by atoms with E-state index >= 15 is 0 Å². The van der Waals surface area contributed by atoms with Crippen molar-refractivity contribution in [2.45, 2.75) is 17.9 Å². The van der Waals surface area contributed by atoms with E-state index in [1.54, 1.807) is 6.07 Å². The molecule has 1 atom stereocenters. The van der Waals surface area contributed by atoms with Gasteiger partial charge in [0.1, 0.15) is 5.75 Å². The molecular weight excluding hydrogens is 282 g/mol. The lowest BCUT2D eigenvalue weighted by molar-refractivity contribution is 0.186. The van der Waals surface area contributed by atoms with Gasteiger partial charge in [0.2, 0.25) is 10.0 Å². The molecule has 0 saturated carbocycles. The molecule has 0 spiro atoms. The second-order valence-corrected chi connectivity index (χ2v) is 6.48. The molecule has 1 heterocycles.